The minimum atomic E-state index is -0.516. The Bertz CT molecular complexity index is 1220. The molecule has 0 N–H and O–H groups in total. The lowest BCUT2D eigenvalue weighted by molar-refractivity contribution is -0.384. The summed E-state index contributed by atoms with van der Waals surface area (Å²) in [6, 6.07) is 9.54. The van der Waals surface area contributed by atoms with Gasteiger partial charge >= 0.3 is 0 Å². The van der Waals surface area contributed by atoms with Crippen LogP contribution in [0.5, 0.6) is 5.75 Å². The van der Waals surface area contributed by atoms with Crippen molar-refractivity contribution in [3.8, 4) is 5.75 Å². The van der Waals surface area contributed by atoms with Crippen molar-refractivity contribution in [3.05, 3.63) is 71.5 Å². The fraction of sp³-hybridized carbons (Fsp3) is 0.261. The first-order valence-electron chi connectivity index (χ1n) is 10.7. The number of ether oxygens (including phenoxy) is 2. The Morgan fingerprint density at radius 1 is 1.14 bits per heavy atom. The van der Waals surface area contributed by atoms with Gasteiger partial charge in [0, 0.05) is 25.2 Å². The van der Waals surface area contributed by atoms with Crippen LogP contribution >= 0.6 is 43.6 Å². The first kappa shape index (κ1) is 26.3. The van der Waals surface area contributed by atoms with Gasteiger partial charge in [0.05, 0.1) is 32.0 Å². The predicted molar refractivity (Wildman–Crippen MR) is 139 cm³/mol. The predicted octanol–water partition coefficient (Wildman–Crippen LogP) is 4.59. The molecule has 0 aromatic heterocycles. The third-order valence-electron chi connectivity index (χ3n) is 5.38. The maximum atomic E-state index is 12.8. The number of amides is 3. The first-order chi connectivity index (χ1) is 17.2. The van der Waals surface area contributed by atoms with Gasteiger partial charge < -0.3 is 14.4 Å². The Morgan fingerprint density at radius 2 is 1.78 bits per heavy atom. The number of nitrogens with zero attached hydrogens (tertiary/aromatic N) is 3. The summed E-state index contributed by atoms with van der Waals surface area (Å²) in [6.45, 7) is 1.63. The van der Waals surface area contributed by atoms with Crippen LogP contribution in [0.4, 0.5) is 10.5 Å². The molecule has 13 heteroatoms. The molecular weight excluding hydrogens is 622 g/mol. The van der Waals surface area contributed by atoms with E-state index in [1.807, 2.05) is 0 Å². The van der Waals surface area contributed by atoms with E-state index in [-0.39, 0.29) is 29.7 Å². The summed E-state index contributed by atoms with van der Waals surface area (Å²) in [5.74, 6) is -0.297. The largest absolute Gasteiger partial charge is 0.487 e. The van der Waals surface area contributed by atoms with Crippen LogP contribution in [-0.2, 0) is 20.9 Å². The normalized spacial score (nSPS) is 17.1. The summed E-state index contributed by atoms with van der Waals surface area (Å²) in [6.07, 6.45) is 1.58. The van der Waals surface area contributed by atoms with E-state index in [9.17, 15) is 24.5 Å². The minimum absolute atomic E-state index is 0.000314. The zero-order valence-corrected chi connectivity index (χ0v) is 22.6. The Kier molecular flexibility index (Phi) is 8.44. The highest BCUT2D eigenvalue weighted by Crippen LogP contribution is 2.38. The molecule has 2 saturated heterocycles. The second kappa shape index (κ2) is 11.5. The molecule has 2 aliphatic rings. The maximum Gasteiger partial charge on any atom is 0.294 e. The molecule has 2 aromatic carbocycles. The van der Waals surface area contributed by atoms with Gasteiger partial charge in [-0.15, -0.1) is 0 Å². The molecule has 2 fully saturated rings. The number of morpholine rings is 1. The number of carbonyl (C=O) groups is 3. The summed E-state index contributed by atoms with van der Waals surface area (Å²) in [4.78, 5) is 50.8. The third kappa shape index (κ3) is 6.14. The lowest BCUT2D eigenvalue weighted by atomic mass is 10.2. The van der Waals surface area contributed by atoms with Crippen molar-refractivity contribution >= 4 is 72.4 Å². The van der Waals surface area contributed by atoms with Crippen LogP contribution in [0.15, 0.2) is 50.2 Å². The maximum absolute atomic E-state index is 12.8. The van der Waals surface area contributed by atoms with Crippen molar-refractivity contribution in [1.29, 1.82) is 0 Å². The number of rotatable bonds is 7. The van der Waals surface area contributed by atoms with E-state index < -0.39 is 16.1 Å². The van der Waals surface area contributed by atoms with Gasteiger partial charge in [0.15, 0.2) is 0 Å². The zero-order chi connectivity index (χ0) is 25.8. The summed E-state index contributed by atoms with van der Waals surface area (Å²) in [5, 5.41) is 10.3. The van der Waals surface area contributed by atoms with Crippen LogP contribution in [0.3, 0.4) is 0 Å². The van der Waals surface area contributed by atoms with Crippen molar-refractivity contribution in [2.24, 2.45) is 0 Å². The Hall–Kier alpha value is -2.74. The second-order valence-corrected chi connectivity index (χ2v) is 10.5. The monoisotopic (exact) mass is 639 g/mol. The molecule has 0 atom stereocenters. The number of benzene rings is 2. The SMILES string of the molecule is O=C(CN1C(=O)S/C(=C\c2cc(Br)c(OCc3ccc([N+](=O)[O-])cc3)c(Br)c2)C1=O)N1CCOCC1. The van der Waals surface area contributed by atoms with Gasteiger partial charge in [0.25, 0.3) is 16.8 Å². The standard InChI is InChI=1S/C23H19Br2N3O7S/c24-17-9-15(10-18(25)21(17)35-13-14-1-3-16(4-2-14)28(32)33)11-19-22(30)27(23(31)36-19)12-20(29)26-5-7-34-8-6-26/h1-4,9-11H,5-8,12-13H2/b19-11-. The molecule has 3 amide bonds. The van der Waals surface area contributed by atoms with Gasteiger partial charge in [-0.05, 0) is 85.1 Å². The molecule has 0 spiro atoms. The molecule has 0 saturated carbocycles. The van der Waals surface area contributed by atoms with Crippen LogP contribution in [0.1, 0.15) is 11.1 Å². The Morgan fingerprint density at radius 3 is 2.39 bits per heavy atom. The fourth-order valence-electron chi connectivity index (χ4n) is 3.51. The van der Waals surface area contributed by atoms with E-state index in [1.54, 1.807) is 35.2 Å². The van der Waals surface area contributed by atoms with Crippen LogP contribution in [0.2, 0.25) is 0 Å². The first-order valence-corrected chi connectivity index (χ1v) is 13.1. The van der Waals surface area contributed by atoms with E-state index >= 15 is 0 Å². The van der Waals surface area contributed by atoms with E-state index in [1.165, 1.54) is 12.1 Å². The molecule has 0 bridgehead atoms. The number of non-ortho nitro benzene ring substituents is 1. The lowest BCUT2D eigenvalue weighted by Crippen LogP contribution is -2.46. The van der Waals surface area contributed by atoms with Crippen molar-refractivity contribution in [3.63, 3.8) is 0 Å². The highest BCUT2D eigenvalue weighted by molar-refractivity contribution is 9.11. The third-order valence-corrected chi connectivity index (χ3v) is 7.46. The van der Waals surface area contributed by atoms with E-state index in [4.69, 9.17) is 9.47 Å². The Balaban J connectivity index is 1.43. The summed E-state index contributed by atoms with van der Waals surface area (Å²) >= 11 is 7.71. The molecule has 36 heavy (non-hydrogen) atoms. The molecule has 2 heterocycles. The molecule has 0 unspecified atom stereocenters. The highest BCUT2D eigenvalue weighted by atomic mass is 79.9. The number of thioether (sulfide) groups is 1. The minimum Gasteiger partial charge on any atom is -0.487 e. The number of hydrogen-bond acceptors (Lipinski definition) is 8. The Labute approximate surface area is 227 Å². The summed E-state index contributed by atoms with van der Waals surface area (Å²) in [7, 11) is 0. The lowest BCUT2D eigenvalue weighted by Gasteiger charge is -2.28. The molecule has 4 rings (SSSR count). The number of nitro benzene ring substituents is 1. The van der Waals surface area contributed by atoms with Crippen LogP contribution < -0.4 is 4.74 Å². The van der Waals surface area contributed by atoms with Crippen molar-refractivity contribution < 1.29 is 28.8 Å². The smallest absolute Gasteiger partial charge is 0.294 e. The zero-order valence-electron chi connectivity index (χ0n) is 18.6. The number of nitro groups is 1. The van der Waals surface area contributed by atoms with Crippen molar-refractivity contribution in [2.45, 2.75) is 6.61 Å². The average Bonchev–Trinajstić information content (AvgIpc) is 3.11. The molecule has 0 aliphatic carbocycles. The number of halogens is 2. The molecule has 188 valence electrons. The molecular formula is C23H19Br2N3O7S. The van der Waals surface area contributed by atoms with Gasteiger partial charge in [-0.1, -0.05) is 0 Å². The number of carbonyl (C=O) groups excluding carboxylic acids is 3. The fourth-order valence-corrected chi connectivity index (χ4v) is 5.79. The molecule has 2 aromatic rings. The molecule has 0 radical (unpaired) electrons. The number of hydrogen-bond donors (Lipinski definition) is 0. The number of imide groups is 1. The molecule has 2 aliphatic heterocycles. The van der Waals surface area contributed by atoms with Crippen LogP contribution in [-0.4, -0.2) is 64.6 Å². The van der Waals surface area contributed by atoms with Crippen molar-refractivity contribution in [1.82, 2.24) is 9.80 Å². The van der Waals surface area contributed by atoms with Gasteiger partial charge in [-0.25, -0.2) is 0 Å². The second-order valence-electron chi connectivity index (χ2n) is 7.79. The average molecular weight is 641 g/mol. The van der Waals surface area contributed by atoms with Gasteiger partial charge in [-0.2, -0.15) is 0 Å². The van der Waals surface area contributed by atoms with Crippen LogP contribution in [0, 0.1) is 10.1 Å². The quantitative estimate of drug-likeness (QED) is 0.245. The summed E-state index contributed by atoms with van der Waals surface area (Å²) in [5.41, 5.74) is 1.39. The topological polar surface area (TPSA) is 119 Å². The van der Waals surface area contributed by atoms with Gasteiger partial charge in [-0.3, -0.25) is 29.4 Å². The highest BCUT2D eigenvalue weighted by Gasteiger charge is 2.37. The van der Waals surface area contributed by atoms with Crippen LogP contribution in [0.25, 0.3) is 6.08 Å². The van der Waals surface area contributed by atoms with Gasteiger partial charge in [0.2, 0.25) is 5.91 Å². The van der Waals surface area contributed by atoms with E-state index in [2.05, 4.69) is 31.9 Å². The summed E-state index contributed by atoms with van der Waals surface area (Å²) < 4.78 is 12.3. The van der Waals surface area contributed by atoms with E-state index in [0.29, 0.717) is 46.6 Å². The van der Waals surface area contributed by atoms with E-state index in [0.717, 1.165) is 22.2 Å². The van der Waals surface area contributed by atoms with Crippen molar-refractivity contribution in [2.75, 3.05) is 32.8 Å². The molecule has 10 nitrogen and oxygen atoms in total. The van der Waals surface area contributed by atoms with Gasteiger partial charge in [0.1, 0.15) is 18.9 Å².